The van der Waals surface area contributed by atoms with Crippen LogP contribution in [-0.2, 0) is 4.79 Å². The third kappa shape index (κ3) is 4.73. The molecule has 0 bridgehead atoms. The molecule has 0 saturated heterocycles. The van der Waals surface area contributed by atoms with E-state index in [9.17, 15) is 9.59 Å². The van der Waals surface area contributed by atoms with E-state index in [4.69, 9.17) is 14.2 Å². The Labute approximate surface area is 157 Å². The van der Waals surface area contributed by atoms with Crippen molar-refractivity contribution in [1.82, 2.24) is 0 Å². The van der Waals surface area contributed by atoms with Crippen molar-refractivity contribution in [1.29, 1.82) is 0 Å². The smallest absolute Gasteiger partial charge is 0.349 e. The molecular formula is C22H18O5. The summed E-state index contributed by atoms with van der Waals surface area (Å²) in [6, 6.07) is 22.0. The number of carbonyl (C=O) groups excluding carboxylic acids is 2. The first kappa shape index (κ1) is 18.2. The second-order valence-corrected chi connectivity index (χ2v) is 5.68. The normalized spacial score (nSPS) is 10.1. The van der Waals surface area contributed by atoms with E-state index >= 15 is 0 Å². The van der Waals surface area contributed by atoms with Crippen LogP contribution >= 0.6 is 0 Å². The van der Waals surface area contributed by atoms with Crippen LogP contribution in [0.5, 0.6) is 17.2 Å². The number of benzene rings is 3. The first-order chi connectivity index (χ1) is 13.2. The molecule has 0 saturated carbocycles. The highest BCUT2D eigenvalue weighted by atomic mass is 16.6. The van der Waals surface area contributed by atoms with Crippen molar-refractivity contribution >= 4 is 12.3 Å². The highest BCUT2D eigenvalue weighted by Crippen LogP contribution is 2.28. The fourth-order valence-corrected chi connectivity index (χ4v) is 2.51. The van der Waals surface area contributed by atoms with Gasteiger partial charge in [0.2, 0.25) is 0 Å². The van der Waals surface area contributed by atoms with Gasteiger partial charge in [0.1, 0.15) is 12.0 Å². The standard InChI is InChI=1S/C22H18O5/c1-25-21-13-16(14-23)7-12-20(21)27-22(24)15-26-19-10-8-18(9-11-19)17-5-3-2-4-6-17/h2-14H,15H2,1H3. The predicted molar refractivity (Wildman–Crippen MR) is 101 cm³/mol. The molecule has 0 aliphatic rings. The largest absolute Gasteiger partial charge is 0.493 e. The van der Waals surface area contributed by atoms with Gasteiger partial charge in [0, 0.05) is 5.56 Å². The minimum atomic E-state index is -0.570. The second-order valence-electron chi connectivity index (χ2n) is 5.68. The van der Waals surface area contributed by atoms with Crippen molar-refractivity contribution in [2.24, 2.45) is 0 Å². The molecule has 0 amide bonds. The molecule has 0 spiro atoms. The Kier molecular flexibility index (Phi) is 5.84. The molecule has 3 aromatic carbocycles. The van der Waals surface area contributed by atoms with Crippen molar-refractivity contribution in [2.75, 3.05) is 13.7 Å². The van der Waals surface area contributed by atoms with Crippen LogP contribution in [0.2, 0.25) is 0 Å². The minimum absolute atomic E-state index is 0.233. The molecule has 0 fully saturated rings. The molecule has 27 heavy (non-hydrogen) atoms. The zero-order valence-electron chi connectivity index (χ0n) is 14.8. The summed E-state index contributed by atoms with van der Waals surface area (Å²) in [5.41, 5.74) is 2.60. The van der Waals surface area contributed by atoms with Crippen molar-refractivity contribution in [3.05, 3.63) is 78.4 Å². The molecule has 0 radical (unpaired) electrons. The summed E-state index contributed by atoms with van der Waals surface area (Å²) < 4.78 is 15.9. The third-order valence-electron chi connectivity index (χ3n) is 3.87. The summed E-state index contributed by atoms with van der Waals surface area (Å²) in [4.78, 5) is 22.8. The van der Waals surface area contributed by atoms with Gasteiger partial charge >= 0.3 is 5.97 Å². The van der Waals surface area contributed by atoms with E-state index in [-0.39, 0.29) is 12.4 Å². The average molecular weight is 362 g/mol. The second kappa shape index (κ2) is 8.67. The fourth-order valence-electron chi connectivity index (χ4n) is 2.51. The van der Waals surface area contributed by atoms with Crippen LogP contribution in [0.25, 0.3) is 11.1 Å². The molecule has 0 aliphatic carbocycles. The van der Waals surface area contributed by atoms with Crippen LogP contribution in [0, 0.1) is 0 Å². The lowest BCUT2D eigenvalue weighted by atomic mass is 10.1. The molecule has 3 aromatic rings. The molecule has 0 atom stereocenters. The van der Waals surface area contributed by atoms with Crippen LogP contribution in [0.15, 0.2) is 72.8 Å². The van der Waals surface area contributed by atoms with E-state index < -0.39 is 5.97 Å². The molecule has 136 valence electrons. The number of rotatable bonds is 7. The number of hydrogen-bond donors (Lipinski definition) is 0. The lowest BCUT2D eigenvalue weighted by Crippen LogP contribution is -2.18. The highest BCUT2D eigenvalue weighted by Gasteiger charge is 2.12. The molecular weight excluding hydrogens is 344 g/mol. The highest BCUT2D eigenvalue weighted by molar-refractivity contribution is 5.78. The quantitative estimate of drug-likeness (QED) is 0.359. The van der Waals surface area contributed by atoms with Gasteiger partial charge < -0.3 is 14.2 Å². The Morgan fingerprint density at radius 1 is 0.889 bits per heavy atom. The Hall–Kier alpha value is -3.60. The maximum atomic E-state index is 12.0. The van der Waals surface area contributed by atoms with Crippen LogP contribution in [-0.4, -0.2) is 26.0 Å². The third-order valence-corrected chi connectivity index (χ3v) is 3.87. The van der Waals surface area contributed by atoms with E-state index in [0.717, 1.165) is 11.1 Å². The average Bonchev–Trinajstić information content (AvgIpc) is 2.73. The molecule has 0 aromatic heterocycles. The van der Waals surface area contributed by atoms with Gasteiger partial charge in [0.25, 0.3) is 0 Å². The number of hydrogen-bond acceptors (Lipinski definition) is 5. The summed E-state index contributed by atoms with van der Waals surface area (Å²) in [5, 5.41) is 0. The molecule has 5 nitrogen and oxygen atoms in total. The molecule has 0 N–H and O–H groups in total. The van der Waals surface area contributed by atoms with E-state index in [1.165, 1.54) is 19.2 Å². The predicted octanol–water partition coefficient (Wildman–Crippen LogP) is 4.16. The molecule has 0 aliphatic heterocycles. The van der Waals surface area contributed by atoms with Gasteiger partial charge in [-0.25, -0.2) is 4.79 Å². The molecule has 5 heteroatoms. The van der Waals surface area contributed by atoms with Gasteiger partial charge in [-0.3, -0.25) is 4.79 Å². The van der Waals surface area contributed by atoms with E-state index in [1.807, 2.05) is 42.5 Å². The van der Waals surface area contributed by atoms with Gasteiger partial charge in [-0.1, -0.05) is 42.5 Å². The van der Waals surface area contributed by atoms with Crippen molar-refractivity contribution in [3.8, 4) is 28.4 Å². The van der Waals surface area contributed by atoms with Crippen molar-refractivity contribution < 1.29 is 23.8 Å². The fraction of sp³-hybridized carbons (Fsp3) is 0.0909. The van der Waals surface area contributed by atoms with Gasteiger partial charge in [0.05, 0.1) is 7.11 Å². The zero-order chi connectivity index (χ0) is 19.1. The summed E-state index contributed by atoms with van der Waals surface area (Å²) in [5.74, 6) is 0.533. The Bertz CT molecular complexity index is 917. The van der Waals surface area contributed by atoms with Crippen LogP contribution in [0.4, 0.5) is 0 Å². The van der Waals surface area contributed by atoms with Crippen molar-refractivity contribution in [2.45, 2.75) is 0 Å². The number of carbonyl (C=O) groups is 2. The lowest BCUT2D eigenvalue weighted by molar-refractivity contribution is -0.136. The van der Waals surface area contributed by atoms with Gasteiger partial charge in [-0.05, 0) is 41.5 Å². The first-order valence-corrected chi connectivity index (χ1v) is 8.32. The van der Waals surface area contributed by atoms with Crippen LogP contribution in [0.3, 0.4) is 0 Å². The lowest BCUT2D eigenvalue weighted by Gasteiger charge is -2.10. The SMILES string of the molecule is COc1cc(C=O)ccc1OC(=O)COc1ccc(-c2ccccc2)cc1. The molecule has 0 heterocycles. The number of aldehydes is 1. The summed E-state index contributed by atoms with van der Waals surface area (Å²) in [7, 11) is 1.44. The molecule has 0 unspecified atom stereocenters. The topological polar surface area (TPSA) is 61.8 Å². The maximum absolute atomic E-state index is 12.0. The molecule has 3 rings (SSSR count). The van der Waals surface area contributed by atoms with Crippen LogP contribution in [0.1, 0.15) is 10.4 Å². The summed E-state index contributed by atoms with van der Waals surface area (Å²) in [6.45, 7) is -0.247. The van der Waals surface area contributed by atoms with E-state index in [0.29, 0.717) is 23.3 Å². The minimum Gasteiger partial charge on any atom is -0.493 e. The number of methoxy groups -OCH3 is 1. The van der Waals surface area contributed by atoms with Gasteiger partial charge in [-0.2, -0.15) is 0 Å². The Balaban J connectivity index is 1.59. The number of esters is 1. The zero-order valence-corrected chi connectivity index (χ0v) is 14.8. The maximum Gasteiger partial charge on any atom is 0.349 e. The van der Waals surface area contributed by atoms with Crippen molar-refractivity contribution in [3.63, 3.8) is 0 Å². The first-order valence-electron chi connectivity index (χ1n) is 8.32. The monoisotopic (exact) mass is 362 g/mol. The Morgan fingerprint density at radius 3 is 2.26 bits per heavy atom. The van der Waals surface area contributed by atoms with E-state index in [2.05, 4.69) is 0 Å². The van der Waals surface area contributed by atoms with Crippen LogP contribution < -0.4 is 14.2 Å². The number of ether oxygens (including phenoxy) is 3. The summed E-state index contributed by atoms with van der Waals surface area (Å²) >= 11 is 0. The van der Waals surface area contributed by atoms with E-state index in [1.54, 1.807) is 18.2 Å². The van der Waals surface area contributed by atoms with Gasteiger partial charge in [-0.15, -0.1) is 0 Å². The van der Waals surface area contributed by atoms with Gasteiger partial charge in [0.15, 0.2) is 18.1 Å². The Morgan fingerprint density at radius 2 is 1.59 bits per heavy atom. The summed E-state index contributed by atoms with van der Waals surface area (Å²) in [6.07, 6.45) is 0.691.